The molecule has 4 nitrogen and oxygen atoms in total. The number of rotatable bonds is 6. The zero-order valence-electron chi connectivity index (χ0n) is 10.8. The molecule has 0 bridgehead atoms. The van der Waals surface area contributed by atoms with Gasteiger partial charge in [-0.1, -0.05) is 15.9 Å². The van der Waals surface area contributed by atoms with Crippen molar-refractivity contribution in [3.8, 4) is 0 Å². The monoisotopic (exact) mass is 326 g/mol. The van der Waals surface area contributed by atoms with Gasteiger partial charge in [-0.25, -0.2) is 4.79 Å². The van der Waals surface area contributed by atoms with E-state index in [1.165, 1.54) is 0 Å². The molecule has 0 atom stereocenters. The highest BCUT2D eigenvalue weighted by Crippen LogP contribution is 2.28. The van der Waals surface area contributed by atoms with Gasteiger partial charge < -0.3 is 15.3 Å². The van der Waals surface area contributed by atoms with Crippen molar-refractivity contribution in [2.75, 3.05) is 18.5 Å². The maximum Gasteiger partial charge on any atom is 0.322 e. The molecule has 0 saturated heterocycles. The molecule has 2 rings (SSSR count). The summed E-state index contributed by atoms with van der Waals surface area (Å²) in [6.45, 7) is 0.903. The number of nitrogens with one attached hydrogen (secondary N) is 1. The Labute approximate surface area is 121 Å². The maximum absolute atomic E-state index is 12.2. The van der Waals surface area contributed by atoms with Crippen LogP contribution in [0.25, 0.3) is 0 Å². The molecule has 0 aromatic heterocycles. The molecule has 1 fully saturated rings. The van der Waals surface area contributed by atoms with Crippen molar-refractivity contribution in [2.45, 2.75) is 31.7 Å². The molecule has 1 aliphatic rings. The highest BCUT2D eigenvalue weighted by Gasteiger charge is 2.32. The SMILES string of the molecule is O=C(Nc1ccc(Br)cc1)N(CCCCO)C1CC1. The molecule has 1 aliphatic carbocycles. The lowest BCUT2D eigenvalue weighted by Crippen LogP contribution is -2.37. The van der Waals surface area contributed by atoms with Gasteiger partial charge >= 0.3 is 6.03 Å². The van der Waals surface area contributed by atoms with Gasteiger partial charge in [-0.2, -0.15) is 0 Å². The quantitative estimate of drug-likeness (QED) is 0.788. The number of carbonyl (C=O) groups excluding carboxylic acids is 1. The summed E-state index contributed by atoms with van der Waals surface area (Å²) in [4.78, 5) is 14.1. The summed E-state index contributed by atoms with van der Waals surface area (Å²) < 4.78 is 0.993. The molecule has 0 unspecified atom stereocenters. The van der Waals surface area contributed by atoms with Crippen molar-refractivity contribution in [2.24, 2.45) is 0 Å². The normalized spacial score (nSPS) is 14.2. The van der Waals surface area contributed by atoms with Crippen molar-refractivity contribution in [1.29, 1.82) is 0 Å². The number of hydrogen-bond acceptors (Lipinski definition) is 2. The first kappa shape index (κ1) is 14.3. The third-order valence-electron chi connectivity index (χ3n) is 3.15. The first-order chi connectivity index (χ1) is 9.20. The Morgan fingerprint density at radius 2 is 2.00 bits per heavy atom. The molecular formula is C14H19BrN2O2. The van der Waals surface area contributed by atoms with E-state index in [-0.39, 0.29) is 12.6 Å². The first-order valence-corrected chi connectivity index (χ1v) is 7.44. The van der Waals surface area contributed by atoms with Gasteiger partial charge in [0.15, 0.2) is 0 Å². The molecular weight excluding hydrogens is 308 g/mol. The van der Waals surface area contributed by atoms with Gasteiger partial charge in [0.1, 0.15) is 0 Å². The van der Waals surface area contributed by atoms with E-state index in [4.69, 9.17) is 5.11 Å². The third kappa shape index (κ3) is 4.51. The van der Waals surface area contributed by atoms with Crippen molar-refractivity contribution in [3.05, 3.63) is 28.7 Å². The van der Waals surface area contributed by atoms with Crippen LogP contribution in [0.5, 0.6) is 0 Å². The van der Waals surface area contributed by atoms with Crippen LogP contribution in [0.15, 0.2) is 28.7 Å². The molecule has 0 spiro atoms. The van der Waals surface area contributed by atoms with E-state index in [2.05, 4.69) is 21.2 Å². The summed E-state index contributed by atoms with van der Waals surface area (Å²) in [5, 5.41) is 11.7. The van der Waals surface area contributed by atoms with Gasteiger partial charge in [-0.05, 0) is 49.9 Å². The molecule has 104 valence electrons. The van der Waals surface area contributed by atoms with Crippen molar-refractivity contribution in [1.82, 2.24) is 4.90 Å². The summed E-state index contributed by atoms with van der Waals surface area (Å²) in [6.07, 6.45) is 3.77. The molecule has 5 heteroatoms. The van der Waals surface area contributed by atoms with Gasteiger partial charge in [-0.15, -0.1) is 0 Å². The Morgan fingerprint density at radius 3 is 2.58 bits per heavy atom. The van der Waals surface area contributed by atoms with E-state index in [0.717, 1.165) is 35.8 Å². The lowest BCUT2D eigenvalue weighted by Gasteiger charge is -2.22. The number of amides is 2. The predicted molar refractivity (Wildman–Crippen MR) is 79.2 cm³/mol. The van der Waals surface area contributed by atoms with E-state index < -0.39 is 0 Å². The third-order valence-corrected chi connectivity index (χ3v) is 3.68. The molecule has 19 heavy (non-hydrogen) atoms. The van der Waals surface area contributed by atoms with Crippen molar-refractivity contribution in [3.63, 3.8) is 0 Å². The van der Waals surface area contributed by atoms with E-state index in [1.54, 1.807) is 0 Å². The lowest BCUT2D eigenvalue weighted by molar-refractivity contribution is 0.204. The van der Waals surface area contributed by atoms with Gasteiger partial charge in [0.05, 0.1) is 0 Å². The van der Waals surface area contributed by atoms with E-state index in [9.17, 15) is 4.79 Å². The standard InChI is InChI=1S/C14H19BrN2O2/c15-11-3-5-12(6-4-11)16-14(19)17(13-7-8-13)9-1-2-10-18/h3-6,13,18H,1-2,7-10H2,(H,16,19). The van der Waals surface area contributed by atoms with Crippen LogP contribution < -0.4 is 5.32 Å². The zero-order valence-corrected chi connectivity index (χ0v) is 12.4. The van der Waals surface area contributed by atoms with Crippen LogP contribution in [0.1, 0.15) is 25.7 Å². The fourth-order valence-electron chi connectivity index (χ4n) is 1.96. The summed E-state index contributed by atoms with van der Waals surface area (Å²) in [7, 11) is 0. The Hall–Kier alpha value is -1.07. The topological polar surface area (TPSA) is 52.6 Å². The minimum Gasteiger partial charge on any atom is -0.396 e. The Bertz CT molecular complexity index is 418. The average Bonchev–Trinajstić information content (AvgIpc) is 3.22. The highest BCUT2D eigenvalue weighted by atomic mass is 79.9. The summed E-state index contributed by atoms with van der Waals surface area (Å²) in [5.41, 5.74) is 0.806. The second-order valence-electron chi connectivity index (χ2n) is 4.79. The lowest BCUT2D eigenvalue weighted by atomic mass is 10.3. The van der Waals surface area contributed by atoms with E-state index in [1.807, 2.05) is 29.2 Å². The molecule has 0 aliphatic heterocycles. The largest absolute Gasteiger partial charge is 0.396 e. The molecule has 0 radical (unpaired) electrons. The number of aliphatic hydroxyl groups excluding tert-OH is 1. The maximum atomic E-state index is 12.2. The van der Waals surface area contributed by atoms with Crippen LogP contribution in [0, 0.1) is 0 Å². The van der Waals surface area contributed by atoms with Crippen LogP contribution in [-0.2, 0) is 0 Å². The average molecular weight is 327 g/mol. The highest BCUT2D eigenvalue weighted by molar-refractivity contribution is 9.10. The van der Waals surface area contributed by atoms with E-state index in [0.29, 0.717) is 12.6 Å². The Morgan fingerprint density at radius 1 is 1.32 bits per heavy atom. The minimum absolute atomic E-state index is 0.0391. The summed E-state index contributed by atoms with van der Waals surface area (Å²) in [6, 6.07) is 7.91. The molecule has 2 N–H and O–H groups in total. The second kappa shape index (κ2) is 6.91. The number of aliphatic hydroxyl groups is 1. The van der Waals surface area contributed by atoms with Crippen LogP contribution in [-0.4, -0.2) is 35.2 Å². The predicted octanol–water partition coefficient (Wildman–Crippen LogP) is 3.22. The number of benzene rings is 1. The first-order valence-electron chi connectivity index (χ1n) is 6.65. The molecule has 0 heterocycles. The molecule has 2 amide bonds. The summed E-state index contributed by atoms with van der Waals surface area (Å²) >= 11 is 3.37. The minimum atomic E-state index is -0.0391. The fourth-order valence-corrected chi connectivity index (χ4v) is 2.22. The zero-order chi connectivity index (χ0) is 13.7. The van der Waals surface area contributed by atoms with Gasteiger partial charge in [0.25, 0.3) is 0 Å². The Kier molecular flexibility index (Phi) is 5.22. The van der Waals surface area contributed by atoms with Crippen LogP contribution in [0.3, 0.4) is 0 Å². The number of hydrogen-bond donors (Lipinski definition) is 2. The number of nitrogens with zero attached hydrogens (tertiary/aromatic N) is 1. The molecule has 1 aromatic carbocycles. The van der Waals surface area contributed by atoms with Crippen molar-refractivity contribution < 1.29 is 9.90 Å². The number of unbranched alkanes of at least 4 members (excludes halogenated alkanes) is 1. The summed E-state index contributed by atoms with van der Waals surface area (Å²) in [5.74, 6) is 0. The molecule has 1 aromatic rings. The van der Waals surface area contributed by atoms with Crippen LogP contribution >= 0.6 is 15.9 Å². The number of carbonyl (C=O) groups is 1. The van der Waals surface area contributed by atoms with Crippen LogP contribution in [0.4, 0.5) is 10.5 Å². The van der Waals surface area contributed by atoms with Crippen molar-refractivity contribution >= 4 is 27.6 Å². The van der Waals surface area contributed by atoms with Crippen LogP contribution in [0.2, 0.25) is 0 Å². The second-order valence-corrected chi connectivity index (χ2v) is 5.71. The fraction of sp³-hybridized carbons (Fsp3) is 0.500. The number of urea groups is 1. The Balaban J connectivity index is 1.89. The van der Waals surface area contributed by atoms with Gasteiger partial charge in [0.2, 0.25) is 0 Å². The van der Waals surface area contributed by atoms with Gasteiger partial charge in [0, 0.05) is 29.4 Å². The molecule has 1 saturated carbocycles. The van der Waals surface area contributed by atoms with E-state index >= 15 is 0 Å². The smallest absolute Gasteiger partial charge is 0.322 e. The number of anilines is 1. The van der Waals surface area contributed by atoms with Gasteiger partial charge in [-0.3, -0.25) is 0 Å². The number of halogens is 1.